The average molecular weight is 233 g/mol. The third kappa shape index (κ3) is 5.08. The van der Waals surface area contributed by atoms with Crippen molar-refractivity contribution in [3.05, 3.63) is 48.7 Å². The van der Waals surface area contributed by atoms with Crippen LogP contribution >= 0.6 is 0 Å². The zero-order chi connectivity index (χ0) is 13.6. The molecule has 0 aromatic rings. The third-order valence-corrected chi connectivity index (χ3v) is 2.97. The molecule has 0 aromatic carbocycles. The summed E-state index contributed by atoms with van der Waals surface area (Å²) in [5.41, 5.74) is 4.43. The molecule has 0 fully saturated rings. The summed E-state index contributed by atoms with van der Waals surface area (Å²) >= 11 is 0. The molecular formula is C16H27N. The molecule has 0 aliphatic heterocycles. The maximum Gasteiger partial charge on any atom is 0.0499 e. The van der Waals surface area contributed by atoms with Crippen molar-refractivity contribution in [2.24, 2.45) is 0 Å². The first kappa shape index (κ1) is 15.8. The molecule has 0 aliphatic rings. The topological polar surface area (TPSA) is 3.24 Å². The van der Waals surface area contributed by atoms with Crippen molar-refractivity contribution in [1.29, 1.82) is 0 Å². The van der Waals surface area contributed by atoms with Gasteiger partial charge in [-0.25, -0.2) is 0 Å². The van der Waals surface area contributed by atoms with Crippen LogP contribution in [-0.2, 0) is 0 Å². The van der Waals surface area contributed by atoms with Crippen molar-refractivity contribution in [2.75, 3.05) is 6.54 Å². The summed E-state index contributed by atoms with van der Waals surface area (Å²) in [5, 5.41) is 0. The van der Waals surface area contributed by atoms with E-state index in [1.807, 2.05) is 6.92 Å². The van der Waals surface area contributed by atoms with E-state index in [9.17, 15) is 0 Å². The Morgan fingerprint density at radius 1 is 1.06 bits per heavy atom. The lowest BCUT2D eigenvalue weighted by molar-refractivity contribution is 0.288. The molecule has 1 nitrogen and oxygen atoms in total. The normalized spacial score (nSPS) is 11.8. The minimum absolute atomic E-state index is 0.334. The van der Waals surface area contributed by atoms with Gasteiger partial charge in [0, 0.05) is 18.3 Å². The van der Waals surface area contributed by atoms with Crippen LogP contribution in [0.1, 0.15) is 40.5 Å². The number of rotatable bonds is 8. The maximum atomic E-state index is 4.12. The summed E-state index contributed by atoms with van der Waals surface area (Å²) < 4.78 is 0. The highest BCUT2D eigenvalue weighted by atomic mass is 15.2. The molecule has 0 saturated carbocycles. The van der Waals surface area contributed by atoms with E-state index in [4.69, 9.17) is 0 Å². The molecule has 1 heteroatoms. The number of likely N-dealkylation sites (N-methyl/N-ethyl adjacent to an activating group) is 1. The molecule has 0 N–H and O–H groups in total. The van der Waals surface area contributed by atoms with E-state index in [0.29, 0.717) is 6.04 Å². The first-order chi connectivity index (χ1) is 7.81. The van der Waals surface area contributed by atoms with Gasteiger partial charge in [-0.2, -0.15) is 0 Å². The molecule has 0 saturated heterocycles. The summed E-state index contributed by atoms with van der Waals surface area (Å²) in [7, 11) is 0. The average Bonchev–Trinajstić information content (AvgIpc) is 2.22. The maximum absolute atomic E-state index is 4.12. The Kier molecular flexibility index (Phi) is 6.64. The Morgan fingerprint density at radius 3 is 1.88 bits per heavy atom. The molecule has 0 aromatic heterocycles. The van der Waals surface area contributed by atoms with E-state index in [-0.39, 0.29) is 0 Å². The minimum atomic E-state index is 0.334. The van der Waals surface area contributed by atoms with Crippen LogP contribution in [0.3, 0.4) is 0 Å². The van der Waals surface area contributed by atoms with Gasteiger partial charge in [0.25, 0.3) is 0 Å². The minimum Gasteiger partial charge on any atom is -0.365 e. The summed E-state index contributed by atoms with van der Waals surface area (Å²) in [6.45, 7) is 25.4. The second kappa shape index (κ2) is 7.16. The van der Waals surface area contributed by atoms with Crippen molar-refractivity contribution in [3.63, 3.8) is 0 Å². The van der Waals surface area contributed by atoms with Crippen molar-refractivity contribution < 1.29 is 0 Å². The van der Waals surface area contributed by atoms with Gasteiger partial charge in [0.2, 0.25) is 0 Å². The Morgan fingerprint density at radius 2 is 1.59 bits per heavy atom. The van der Waals surface area contributed by atoms with Crippen molar-refractivity contribution in [2.45, 2.75) is 46.6 Å². The van der Waals surface area contributed by atoms with E-state index < -0.39 is 0 Å². The number of hydrogen-bond donors (Lipinski definition) is 0. The van der Waals surface area contributed by atoms with E-state index in [1.54, 1.807) is 0 Å². The van der Waals surface area contributed by atoms with Gasteiger partial charge >= 0.3 is 0 Å². The first-order valence-corrected chi connectivity index (χ1v) is 6.22. The molecule has 0 heterocycles. The van der Waals surface area contributed by atoms with Gasteiger partial charge in [-0.1, -0.05) is 30.9 Å². The van der Waals surface area contributed by atoms with Gasteiger partial charge in [-0.3, -0.25) is 0 Å². The van der Waals surface area contributed by atoms with E-state index in [0.717, 1.165) is 30.7 Å². The molecule has 0 amide bonds. The highest BCUT2D eigenvalue weighted by Crippen LogP contribution is 2.23. The molecule has 17 heavy (non-hydrogen) atoms. The smallest absolute Gasteiger partial charge is 0.0499 e. The SMILES string of the molecule is C=C(C)CCC(C(=C)C)N(CC)C(=C)C(=C)C. The molecule has 96 valence electrons. The Labute approximate surface area is 107 Å². The molecule has 0 radical (unpaired) electrons. The van der Waals surface area contributed by atoms with Crippen molar-refractivity contribution in [1.82, 2.24) is 4.90 Å². The molecule has 0 bridgehead atoms. The lowest BCUT2D eigenvalue weighted by Crippen LogP contribution is -2.35. The summed E-state index contributed by atoms with van der Waals surface area (Å²) in [5.74, 6) is 0. The van der Waals surface area contributed by atoms with Gasteiger partial charge < -0.3 is 4.90 Å². The number of allylic oxidation sites excluding steroid dienone is 2. The van der Waals surface area contributed by atoms with Crippen LogP contribution in [0.15, 0.2) is 48.7 Å². The van der Waals surface area contributed by atoms with Crippen molar-refractivity contribution >= 4 is 0 Å². The number of nitrogens with zero attached hydrogens (tertiary/aromatic N) is 1. The highest BCUT2D eigenvalue weighted by molar-refractivity contribution is 5.24. The predicted octanol–water partition coefficient (Wildman–Crippen LogP) is 4.70. The fourth-order valence-corrected chi connectivity index (χ4v) is 1.90. The summed E-state index contributed by atoms with van der Waals surface area (Å²) in [6, 6.07) is 0.334. The summed E-state index contributed by atoms with van der Waals surface area (Å²) in [6.07, 6.45) is 2.07. The largest absolute Gasteiger partial charge is 0.365 e. The fraction of sp³-hybridized carbons (Fsp3) is 0.500. The lowest BCUT2D eigenvalue weighted by Gasteiger charge is -2.35. The molecular weight excluding hydrogens is 206 g/mol. The predicted molar refractivity (Wildman–Crippen MR) is 79.0 cm³/mol. The van der Waals surface area contributed by atoms with Gasteiger partial charge in [0.15, 0.2) is 0 Å². The zero-order valence-electron chi connectivity index (χ0n) is 12.0. The van der Waals surface area contributed by atoms with Gasteiger partial charge in [0.1, 0.15) is 0 Å². The lowest BCUT2D eigenvalue weighted by atomic mass is 9.99. The number of hydrogen-bond acceptors (Lipinski definition) is 1. The fourth-order valence-electron chi connectivity index (χ4n) is 1.90. The zero-order valence-corrected chi connectivity index (χ0v) is 12.0. The van der Waals surface area contributed by atoms with Crippen LogP contribution in [0.4, 0.5) is 0 Å². The van der Waals surface area contributed by atoms with Gasteiger partial charge in [-0.05, 0) is 46.1 Å². The highest BCUT2D eigenvalue weighted by Gasteiger charge is 2.19. The molecule has 0 aliphatic carbocycles. The quantitative estimate of drug-likeness (QED) is 0.434. The summed E-state index contributed by atoms with van der Waals surface area (Å²) in [4.78, 5) is 2.29. The van der Waals surface area contributed by atoms with Crippen LogP contribution in [0.25, 0.3) is 0 Å². The van der Waals surface area contributed by atoms with Crippen LogP contribution in [0.2, 0.25) is 0 Å². The van der Waals surface area contributed by atoms with Crippen LogP contribution in [0, 0.1) is 0 Å². The molecule has 1 atom stereocenters. The van der Waals surface area contributed by atoms with E-state index in [2.05, 4.69) is 52.0 Å². The first-order valence-electron chi connectivity index (χ1n) is 6.22. The van der Waals surface area contributed by atoms with Crippen LogP contribution in [-0.4, -0.2) is 17.5 Å². The van der Waals surface area contributed by atoms with Crippen molar-refractivity contribution in [3.8, 4) is 0 Å². The van der Waals surface area contributed by atoms with Crippen LogP contribution < -0.4 is 0 Å². The van der Waals surface area contributed by atoms with Gasteiger partial charge in [-0.15, -0.1) is 6.58 Å². The van der Waals surface area contributed by atoms with Gasteiger partial charge in [0.05, 0.1) is 0 Å². The van der Waals surface area contributed by atoms with Crippen LogP contribution in [0.5, 0.6) is 0 Å². The van der Waals surface area contributed by atoms with E-state index >= 15 is 0 Å². The molecule has 1 unspecified atom stereocenters. The molecule has 0 spiro atoms. The monoisotopic (exact) mass is 233 g/mol. The Hall–Kier alpha value is -1.24. The molecule has 0 rings (SSSR count). The Bertz CT molecular complexity index is 322. The second-order valence-electron chi connectivity index (χ2n) is 4.87. The van der Waals surface area contributed by atoms with E-state index in [1.165, 1.54) is 11.1 Å². The third-order valence-electron chi connectivity index (χ3n) is 2.97. The standard InChI is InChI=1S/C16H27N/c1-9-17(15(8)13(4)5)16(14(6)7)11-10-12(2)3/h16H,2,4,6,8-11H2,1,3,5,7H3. The second-order valence-corrected chi connectivity index (χ2v) is 4.87. The Balaban J connectivity index is 4.87.